The zero-order valence-corrected chi connectivity index (χ0v) is 15.2. The molecule has 0 aliphatic rings. The Morgan fingerprint density at radius 2 is 1.68 bits per heavy atom. The van der Waals surface area contributed by atoms with Crippen LogP contribution in [0.15, 0.2) is 0 Å². The molecule has 0 heterocycles. The Balaban J connectivity index is 4.01. The third-order valence-corrected chi connectivity index (χ3v) is 3.28. The van der Waals surface area contributed by atoms with Crippen molar-refractivity contribution in [1.29, 1.82) is 0 Å². The van der Waals surface area contributed by atoms with Crippen molar-refractivity contribution in [1.82, 2.24) is 5.32 Å². The van der Waals surface area contributed by atoms with Gasteiger partial charge in [-0.15, -0.1) is 0 Å². The third kappa shape index (κ3) is 12.8. The number of carbonyl (C=O) groups is 2. The van der Waals surface area contributed by atoms with Gasteiger partial charge in [-0.05, 0) is 53.7 Å². The fourth-order valence-corrected chi connectivity index (χ4v) is 2.22. The summed E-state index contributed by atoms with van der Waals surface area (Å²) in [5, 5.41) is 11.5. The molecule has 0 bridgehead atoms. The second-order valence-corrected chi connectivity index (χ2v) is 8.12. The minimum atomic E-state index is -1.06. The van der Waals surface area contributed by atoms with Crippen molar-refractivity contribution in [3.05, 3.63) is 0 Å². The minimum Gasteiger partial charge on any atom is -0.480 e. The Kier molecular flexibility index (Phi) is 8.85. The summed E-state index contributed by atoms with van der Waals surface area (Å²) < 4.78 is 10.6. The molecule has 0 aliphatic heterocycles. The molecule has 6 nitrogen and oxygen atoms in total. The lowest BCUT2D eigenvalue weighted by Crippen LogP contribution is -2.43. The summed E-state index contributed by atoms with van der Waals surface area (Å²) in [5.74, 6) is 0.355. The average molecular weight is 335 g/mol. The monoisotopic (exact) mass is 335 g/mol. The molecule has 130 valence electrons. The van der Waals surface area contributed by atoms with Crippen LogP contribution in [0.5, 0.6) is 0 Å². The van der Waals surface area contributed by atoms with E-state index in [1.165, 1.54) is 0 Å². The van der Waals surface area contributed by atoms with E-state index in [-0.39, 0.29) is 5.60 Å². The summed E-state index contributed by atoms with van der Waals surface area (Å²) in [7, 11) is 0. The highest BCUT2D eigenvalue weighted by atomic mass is 32.2. The number of nitrogens with one attached hydrogen (secondary N) is 1. The Morgan fingerprint density at radius 1 is 1.09 bits per heavy atom. The van der Waals surface area contributed by atoms with Gasteiger partial charge in [-0.25, -0.2) is 9.59 Å². The second kappa shape index (κ2) is 9.25. The second-order valence-electron chi connectivity index (χ2n) is 6.90. The SMILES string of the molecule is CC(C)(C)OCCSCCC(NC(=O)OC(C)(C)C)C(=O)O. The molecule has 0 spiro atoms. The number of aliphatic carboxylic acids is 1. The molecule has 2 N–H and O–H groups in total. The third-order valence-electron chi connectivity index (χ3n) is 2.30. The number of carboxylic acids is 1. The van der Waals surface area contributed by atoms with Crippen molar-refractivity contribution in [2.45, 2.75) is 65.2 Å². The van der Waals surface area contributed by atoms with E-state index in [0.29, 0.717) is 18.8 Å². The van der Waals surface area contributed by atoms with Gasteiger partial charge in [0.1, 0.15) is 11.6 Å². The van der Waals surface area contributed by atoms with Gasteiger partial charge in [0.25, 0.3) is 0 Å². The van der Waals surface area contributed by atoms with Gasteiger partial charge >= 0.3 is 12.1 Å². The van der Waals surface area contributed by atoms with E-state index in [1.54, 1.807) is 32.5 Å². The number of ether oxygens (including phenoxy) is 2. The van der Waals surface area contributed by atoms with Crippen molar-refractivity contribution in [3.8, 4) is 0 Å². The lowest BCUT2D eigenvalue weighted by atomic mass is 10.2. The van der Waals surface area contributed by atoms with Gasteiger partial charge in [-0.1, -0.05) is 0 Å². The first-order valence-corrected chi connectivity index (χ1v) is 8.50. The molecule has 0 aliphatic carbocycles. The van der Waals surface area contributed by atoms with Crippen LogP contribution in [0.4, 0.5) is 4.79 Å². The van der Waals surface area contributed by atoms with Gasteiger partial charge in [0, 0.05) is 5.75 Å². The quantitative estimate of drug-likeness (QED) is 0.664. The number of carbonyl (C=O) groups excluding carboxylic acids is 1. The van der Waals surface area contributed by atoms with Gasteiger partial charge in [0.05, 0.1) is 12.2 Å². The average Bonchev–Trinajstić information content (AvgIpc) is 2.27. The molecule has 1 unspecified atom stereocenters. The lowest BCUT2D eigenvalue weighted by molar-refractivity contribution is -0.139. The highest BCUT2D eigenvalue weighted by molar-refractivity contribution is 7.99. The van der Waals surface area contributed by atoms with Gasteiger partial charge in [0.15, 0.2) is 0 Å². The van der Waals surface area contributed by atoms with Gasteiger partial charge < -0.3 is 19.9 Å². The van der Waals surface area contributed by atoms with E-state index < -0.39 is 23.7 Å². The molecular formula is C15H29NO5S. The standard InChI is InChI=1S/C15H29NO5S/c1-14(2,3)20-8-10-22-9-7-11(12(17)18)16-13(19)21-15(4,5)6/h11H,7-10H2,1-6H3,(H,16,19)(H,17,18). The Hall–Kier alpha value is -0.950. The molecule has 7 heteroatoms. The molecule has 0 fully saturated rings. The maximum absolute atomic E-state index is 11.6. The molecule has 0 radical (unpaired) electrons. The maximum atomic E-state index is 11.6. The van der Waals surface area contributed by atoms with Crippen LogP contribution in [0.2, 0.25) is 0 Å². The summed E-state index contributed by atoms with van der Waals surface area (Å²) in [6.07, 6.45) is -0.365. The zero-order chi connectivity index (χ0) is 17.4. The topological polar surface area (TPSA) is 84.9 Å². The molecule has 0 saturated heterocycles. The van der Waals surface area contributed by atoms with Gasteiger partial charge in [-0.2, -0.15) is 11.8 Å². The minimum absolute atomic E-state index is 0.164. The molecule has 0 aromatic heterocycles. The summed E-state index contributed by atoms with van der Waals surface area (Å²) in [6.45, 7) is 11.8. The molecule has 22 heavy (non-hydrogen) atoms. The first kappa shape index (κ1) is 21.0. The molecule has 0 aromatic rings. The van der Waals surface area contributed by atoms with Crippen LogP contribution in [0.3, 0.4) is 0 Å². The molecule has 1 atom stereocenters. The molecular weight excluding hydrogens is 306 g/mol. The van der Waals surface area contributed by atoms with E-state index in [0.717, 1.165) is 5.75 Å². The summed E-state index contributed by atoms with van der Waals surface area (Å²) in [5.41, 5.74) is -0.811. The van der Waals surface area contributed by atoms with Crippen molar-refractivity contribution in [2.75, 3.05) is 18.1 Å². The van der Waals surface area contributed by atoms with Crippen LogP contribution in [-0.4, -0.2) is 52.5 Å². The number of amides is 1. The number of thioether (sulfide) groups is 1. The molecule has 0 rings (SSSR count). The van der Waals surface area contributed by atoms with Crippen LogP contribution >= 0.6 is 11.8 Å². The van der Waals surface area contributed by atoms with E-state index in [1.807, 2.05) is 20.8 Å². The van der Waals surface area contributed by atoms with E-state index in [2.05, 4.69) is 5.32 Å². The number of alkyl carbamates (subject to hydrolysis) is 1. The molecule has 0 saturated carbocycles. The highest BCUT2D eigenvalue weighted by Crippen LogP contribution is 2.11. The van der Waals surface area contributed by atoms with Crippen LogP contribution in [0.25, 0.3) is 0 Å². The summed E-state index contributed by atoms with van der Waals surface area (Å²) in [4.78, 5) is 22.7. The van der Waals surface area contributed by atoms with Gasteiger partial charge in [-0.3, -0.25) is 0 Å². The van der Waals surface area contributed by atoms with Crippen LogP contribution in [-0.2, 0) is 14.3 Å². The number of hydrogen-bond donors (Lipinski definition) is 2. The number of carboxylic acid groups (broad SMARTS) is 1. The fraction of sp³-hybridized carbons (Fsp3) is 0.867. The Labute approximate surface area is 137 Å². The van der Waals surface area contributed by atoms with Crippen LogP contribution in [0.1, 0.15) is 48.0 Å². The van der Waals surface area contributed by atoms with Crippen molar-refractivity contribution in [2.24, 2.45) is 0 Å². The molecule has 1 amide bonds. The smallest absolute Gasteiger partial charge is 0.408 e. The van der Waals surface area contributed by atoms with Gasteiger partial charge in [0.2, 0.25) is 0 Å². The van der Waals surface area contributed by atoms with Crippen molar-refractivity contribution >= 4 is 23.8 Å². The van der Waals surface area contributed by atoms with Crippen LogP contribution < -0.4 is 5.32 Å². The zero-order valence-electron chi connectivity index (χ0n) is 14.4. The predicted molar refractivity (Wildman–Crippen MR) is 88.4 cm³/mol. The highest BCUT2D eigenvalue weighted by Gasteiger charge is 2.23. The van der Waals surface area contributed by atoms with Crippen molar-refractivity contribution in [3.63, 3.8) is 0 Å². The van der Waals surface area contributed by atoms with E-state index >= 15 is 0 Å². The first-order chi connectivity index (χ1) is 9.91. The number of hydrogen-bond acceptors (Lipinski definition) is 5. The largest absolute Gasteiger partial charge is 0.480 e. The summed E-state index contributed by atoms with van der Waals surface area (Å²) in [6, 6.07) is -0.939. The number of rotatable bonds is 8. The normalized spacial score (nSPS) is 13.5. The van der Waals surface area contributed by atoms with E-state index in [4.69, 9.17) is 14.6 Å². The fourth-order valence-electron chi connectivity index (χ4n) is 1.42. The van der Waals surface area contributed by atoms with E-state index in [9.17, 15) is 9.59 Å². The Bertz CT molecular complexity index is 360. The van der Waals surface area contributed by atoms with Crippen LogP contribution in [0, 0.1) is 0 Å². The first-order valence-electron chi connectivity index (χ1n) is 7.35. The lowest BCUT2D eigenvalue weighted by Gasteiger charge is -2.22. The Morgan fingerprint density at radius 3 is 2.14 bits per heavy atom. The maximum Gasteiger partial charge on any atom is 0.408 e. The predicted octanol–water partition coefficient (Wildman–Crippen LogP) is 2.90. The van der Waals surface area contributed by atoms with Crippen molar-refractivity contribution < 1.29 is 24.2 Å². The molecule has 0 aromatic carbocycles. The summed E-state index contributed by atoms with van der Waals surface area (Å²) >= 11 is 1.60.